The van der Waals surface area contributed by atoms with Crippen LogP contribution in [0.1, 0.15) is 33.4 Å². The minimum atomic E-state index is 0.855. The number of halogens is 2. The molecule has 0 aliphatic rings. The Bertz CT molecular complexity index is 1110. The van der Waals surface area contributed by atoms with Gasteiger partial charge in [-0.3, -0.25) is 0 Å². The molecule has 0 spiro atoms. The molecule has 0 N–H and O–H groups in total. The normalized spacial score (nSPS) is 10.4. The Balaban J connectivity index is 1.36. The standard InChI is InChI=1S/C28H24Br2N2/c29-19-25-3-7-27(8-4-25)21-31-15-11-23(12-16-31)1-2-24-13-17-32(18-14-24)22-28-9-5-26(20-30)6-10-28/h3-18H,19-22H2/q+2. The molecule has 0 unspecified atom stereocenters. The molecule has 158 valence electrons. The van der Waals surface area contributed by atoms with Gasteiger partial charge in [0.1, 0.15) is 0 Å². The van der Waals surface area contributed by atoms with Crippen molar-refractivity contribution in [1.82, 2.24) is 0 Å². The van der Waals surface area contributed by atoms with E-state index in [9.17, 15) is 0 Å². The maximum Gasteiger partial charge on any atom is 0.173 e. The molecule has 0 fully saturated rings. The zero-order valence-corrected chi connectivity index (χ0v) is 20.9. The van der Waals surface area contributed by atoms with Gasteiger partial charge in [0.15, 0.2) is 37.9 Å². The summed E-state index contributed by atoms with van der Waals surface area (Å²) in [5.74, 6) is 6.53. The quantitative estimate of drug-likeness (QED) is 0.170. The molecule has 2 aromatic carbocycles. The van der Waals surface area contributed by atoms with E-state index in [0.29, 0.717) is 0 Å². The van der Waals surface area contributed by atoms with Crippen molar-refractivity contribution < 1.29 is 9.13 Å². The molecule has 0 saturated carbocycles. The van der Waals surface area contributed by atoms with E-state index in [1.165, 1.54) is 22.3 Å². The van der Waals surface area contributed by atoms with Crippen LogP contribution < -0.4 is 9.13 Å². The van der Waals surface area contributed by atoms with Crippen molar-refractivity contribution in [1.29, 1.82) is 0 Å². The first-order valence-corrected chi connectivity index (χ1v) is 12.7. The Hall–Kier alpha value is -2.74. The molecule has 0 atom stereocenters. The van der Waals surface area contributed by atoms with E-state index in [1.54, 1.807) is 0 Å². The fourth-order valence-electron chi connectivity index (χ4n) is 3.33. The summed E-state index contributed by atoms with van der Waals surface area (Å²) in [5.41, 5.74) is 7.18. The van der Waals surface area contributed by atoms with Crippen molar-refractivity contribution in [3.8, 4) is 11.8 Å². The fraction of sp³-hybridized carbons (Fsp3) is 0.143. The van der Waals surface area contributed by atoms with Gasteiger partial charge in [-0.1, -0.05) is 92.2 Å². The van der Waals surface area contributed by atoms with Crippen molar-refractivity contribution in [3.63, 3.8) is 0 Å². The molecular weight excluding hydrogens is 524 g/mol. The van der Waals surface area contributed by atoms with E-state index in [2.05, 4.69) is 150 Å². The zero-order chi connectivity index (χ0) is 22.2. The Kier molecular flexibility index (Phi) is 7.87. The average molecular weight is 548 g/mol. The van der Waals surface area contributed by atoms with E-state index in [-0.39, 0.29) is 0 Å². The summed E-state index contributed by atoms with van der Waals surface area (Å²) >= 11 is 6.98. The van der Waals surface area contributed by atoms with Gasteiger partial charge in [-0.25, -0.2) is 9.13 Å². The van der Waals surface area contributed by atoms with Crippen LogP contribution in [0.3, 0.4) is 0 Å². The highest BCUT2D eigenvalue weighted by Crippen LogP contribution is 2.09. The number of hydrogen-bond donors (Lipinski definition) is 0. The van der Waals surface area contributed by atoms with Crippen molar-refractivity contribution in [3.05, 3.63) is 131 Å². The largest absolute Gasteiger partial charge is 0.201 e. The summed E-state index contributed by atoms with van der Waals surface area (Å²) in [6, 6.07) is 25.6. The van der Waals surface area contributed by atoms with Crippen LogP contribution in [0.15, 0.2) is 97.6 Å². The van der Waals surface area contributed by atoms with Crippen molar-refractivity contribution in [2.24, 2.45) is 0 Å². The highest BCUT2D eigenvalue weighted by Gasteiger charge is 2.04. The van der Waals surface area contributed by atoms with Crippen molar-refractivity contribution in [2.45, 2.75) is 23.7 Å². The number of rotatable bonds is 6. The van der Waals surface area contributed by atoms with Gasteiger partial charge >= 0.3 is 0 Å². The lowest BCUT2D eigenvalue weighted by Gasteiger charge is -2.00. The second kappa shape index (κ2) is 11.2. The summed E-state index contributed by atoms with van der Waals surface area (Å²) < 4.78 is 4.34. The third-order valence-corrected chi connectivity index (χ3v) is 6.51. The van der Waals surface area contributed by atoms with Gasteiger partial charge in [0.2, 0.25) is 0 Å². The summed E-state index contributed by atoms with van der Waals surface area (Å²) in [6.45, 7) is 1.71. The predicted molar refractivity (Wildman–Crippen MR) is 136 cm³/mol. The summed E-state index contributed by atoms with van der Waals surface area (Å²) in [5, 5.41) is 1.78. The number of nitrogens with zero attached hydrogens (tertiary/aromatic N) is 2. The van der Waals surface area contributed by atoms with Crippen molar-refractivity contribution in [2.75, 3.05) is 0 Å². The fourth-order valence-corrected chi connectivity index (χ4v) is 4.07. The van der Waals surface area contributed by atoms with Gasteiger partial charge in [-0.05, 0) is 11.1 Å². The van der Waals surface area contributed by atoms with Crippen LogP contribution in [0.5, 0.6) is 0 Å². The molecule has 0 radical (unpaired) electrons. The molecular formula is C28H24Br2N2+2. The zero-order valence-electron chi connectivity index (χ0n) is 17.7. The summed E-state index contributed by atoms with van der Waals surface area (Å²) in [7, 11) is 0. The van der Waals surface area contributed by atoms with Gasteiger partial charge in [-0.2, -0.15) is 0 Å². The molecule has 4 heteroatoms. The second-order valence-electron chi connectivity index (χ2n) is 7.67. The van der Waals surface area contributed by atoms with E-state index in [1.807, 2.05) is 0 Å². The molecule has 0 aliphatic carbocycles. The van der Waals surface area contributed by atoms with Gasteiger partial charge in [0, 0.05) is 57.2 Å². The first-order valence-electron chi connectivity index (χ1n) is 10.5. The van der Waals surface area contributed by atoms with E-state index in [4.69, 9.17) is 0 Å². The maximum atomic E-state index is 3.49. The highest BCUT2D eigenvalue weighted by atomic mass is 79.9. The molecule has 32 heavy (non-hydrogen) atoms. The van der Waals surface area contributed by atoms with E-state index >= 15 is 0 Å². The van der Waals surface area contributed by atoms with E-state index in [0.717, 1.165) is 34.9 Å². The molecule has 0 aliphatic heterocycles. The molecule has 0 bridgehead atoms. The SMILES string of the molecule is BrCc1ccc(C[n+]2ccc(C#Cc3cc[n+](Cc4ccc(CBr)cc4)cc3)cc2)cc1. The third kappa shape index (κ3) is 6.38. The lowest BCUT2D eigenvalue weighted by molar-refractivity contribution is -0.688. The lowest BCUT2D eigenvalue weighted by Crippen LogP contribution is -2.33. The lowest BCUT2D eigenvalue weighted by atomic mass is 10.1. The summed E-state index contributed by atoms with van der Waals surface area (Å²) in [6.07, 6.45) is 8.34. The predicted octanol–water partition coefficient (Wildman–Crippen LogP) is 5.55. The van der Waals surface area contributed by atoms with Gasteiger partial charge in [0.25, 0.3) is 0 Å². The Morgan fingerprint density at radius 3 is 1.09 bits per heavy atom. The number of benzene rings is 2. The monoisotopic (exact) mass is 546 g/mol. The molecule has 4 aromatic rings. The van der Waals surface area contributed by atoms with Crippen LogP contribution in [0.4, 0.5) is 0 Å². The minimum absolute atomic E-state index is 0.855. The van der Waals surface area contributed by atoms with E-state index < -0.39 is 0 Å². The number of aromatic nitrogens is 2. The number of pyridine rings is 2. The Morgan fingerprint density at radius 1 is 0.469 bits per heavy atom. The first kappa shape index (κ1) is 22.5. The van der Waals surface area contributed by atoms with Crippen LogP contribution in [0.2, 0.25) is 0 Å². The highest BCUT2D eigenvalue weighted by molar-refractivity contribution is 9.08. The van der Waals surface area contributed by atoms with Crippen molar-refractivity contribution >= 4 is 31.9 Å². The average Bonchev–Trinajstić information content (AvgIpc) is 2.85. The molecule has 0 amide bonds. The van der Waals surface area contributed by atoms with Crippen LogP contribution in [0, 0.1) is 11.8 Å². The maximum absolute atomic E-state index is 3.49. The molecule has 2 aromatic heterocycles. The Morgan fingerprint density at radius 2 is 0.781 bits per heavy atom. The van der Waals surface area contributed by atoms with Crippen LogP contribution >= 0.6 is 31.9 Å². The topological polar surface area (TPSA) is 7.76 Å². The number of alkyl halides is 2. The summed E-state index contributed by atoms with van der Waals surface area (Å²) in [4.78, 5) is 0. The molecule has 4 rings (SSSR count). The van der Waals surface area contributed by atoms with Crippen LogP contribution in [0.25, 0.3) is 0 Å². The van der Waals surface area contributed by atoms with Gasteiger partial charge in [-0.15, -0.1) is 0 Å². The minimum Gasteiger partial charge on any atom is -0.201 e. The third-order valence-electron chi connectivity index (χ3n) is 5.22. The van der Waals surface area contributed by atoms with Crippen LogP contribution in [-0.2, 0) is 23.7 Å². The smallest absolute Gasteiger partial charge is 0.173 e. The van der Waals surface area contributed by atoms with Gasteiger partial charge in [0.05, 0.1) is 0 Å². The first-order chi connectivity index (χ1) is 15.7. The van der Waals surface area contributed by atoms with Gasteiger partial charge < -0.3 is 0 Å². The second-order valence-corrected chi connectivity index (χ2v) is 8.79. The number of hydrogen-bond acceptors (Lipinski definition) is 0. The Labute approximate surface area is 206 Å². The molecule has 2 heterocycles. The molecule has 0 saturated heterocycles. The van der Waals surface area contributed by atoms with Crippen LogP contribution in [-0.4, -0.2) is 0 Å². The molecule has 2 nitrogen and oxygen atoms in total.